The maximum atomic E-state index is 11.5. The Hall–Kier alpha value is -2.29. The van der Waals surface area contributed by atoms with E-state index in [1.165, 1.54) is 5.56 Å². The number of aryl methyl sites for hydroxylation is 2. The van der Waals surface area contributed by atoms with Gasteiger partial charge in [-0.2, -0.15) is 0 Å². The van der Waals surface area contributed by atoms with E-state index in [4.69, 9.17) is 4.74 Å². The second-order valence-corrected chi connectivity index (χ2v) is 6.29. The second kappa shape index (κ2) is 7.32. The number of carboxylic acid groups (broad SMARTS) is 1. The highest BCUT2D eigenvalue weighted by Gasteiger charge is 2.20. The minimum absolute atomic E-state index is 0.348. The van der Waals surface area contributed by atoms with Crippen LogP contribution in [0.1, 0.15) is 42.0 Å². The molecule has 2 aromatic carbocycles. The average molecular weight is 312 g/mol. The Balaban J connectivity index is 2.12. The van der Waals surface area contributed by atoms with E-state index in [2.05, 4.69) is 26.0 Å². The zero-order valence-corrected chi connectivity index (χ0v) is 14.2. The molecule has 122 valence electrons. The largest absolute Gasteiger partial charge is 0.478 e. The van der Waals surface area contributed by atoms with Crippen LogP contribution >= 0.6 is 0 Å². The third kappa shape index (κ3) is 4.59. The van der Waals surface area contributed by atoms with E-state index in [0.29, 0.717) is 18.1 Å². The Labute approximate surface area is 137 Å². The molecule has 1 atom stereocenters. The van der Waals surface area contributed by atoms with Crippen LogP contribution in [0.4, 0.5) is 0 Å². The number of ether oxygens (including phenoxy) is 1. The number of carboxylic acids is 1. The topological polar surface area (TPSA) is 46.5 Å². The Morgan fingerprint density at radius 1 is 1.04 bits per heavy atom. The minimum atomic E-state index is -0.948. The van der Waals surface area contributed by atoms with Gasteiger partial charge in [-0.15, -0.1) is 0 Å². The summed E-state index contributed by atoms with van der Waals surface area (Å²) in [5, 5.41) is 9.44. The van der Waals surface area contributed by atoms with Gasteiger partial charge in [0.25, 0.3) is 0 Å². The molecule has 0 aliphatic carbocycles. The summed E-state index contributed by atoms with van der Waals surface area (Å²) in [7, 11) is 0. The first-order chi connectivity index (χ1) is 10.9. The van der Waals surface area contributed by atoms with Crippen LogP contribution in [-0.4, -0.2) is 17.2 Å². The molecule has 0 heterocycles. The van der Waals surface area contributed by atoms with Crippen LogP contribution in [0.3, 0.4) is 0 Å². The highest BCUT2D eigenvalue weighted by molar-refractivity contribution is 5.73. The van der Waals surface area contributed by atoms with Crippen LogP contribution in [0.15, 0.2) is 42.5 Å². The fraction of sp³-hybridized carbons (Fsp3) is 0.350. The first-order valence-electron chi connectivity index (χ1n) is 7.92. The van der Waals surface area contributed by atoms with E-state index in [9.17, 15) is 9.90 Å². The molecule has 3 nitrogen and oxygen atoms in total. The molecule has 0 aromatic heterocycles. The van der Waals surface area contributed by atoms with Crippen molar-refractivity contribution < 1.29 is 14.6 Å². The van der Waals surface area contributed by atoms with Crippen molar-refractivity contribution in [3.63, 3.8) is 0 Å². The lowest BCUT2D eigenvalue weighted by Crippen LogP contribution is -2.29. The van der Waals surface area contributed by atoms with Crippen molar-refractivity contribution in [1.29, 1.82) is 0 Å². The van der Waals surface area contributed by atoms with Crippen molar-refractivity contribution in [3.8, 4) is 5.75 Å². The second-order valence-electron chi connectivity index (χ2n) is 6.29. The molecule has 2 aromatic rings. The lowest BCUT2D eigenvalue weighted by Gasteiger charge is -2.16. The van der Waals surface area contributed by atoms with E-state index >= 15 is 0 Å². The molecule has 0 aliphatic rings. The van der Waals surface area contributed by atoms with Gasteiger partial charge in [-0.05, 0) is 54.2 Å². The number of benzene rings is 2. The standard InChI is InChI=1S/C20H24O3/c1-13(2)17-8-6-16(7-9-17)12-19(20(21)22)23-18-10-5-14(3)15(4)11-18/h5-11,13,19H,12H2,1-4H3,(H,21,22)/t19-/m0/s1. The molecule has 0 saturated heterocycles. The zero-order valence-electron chi connectivity index (χ0n) is 14.2. The first-order valence-corrected chi connectivity index (χ1v) is 7.92. The molecule has 3 heteroatoms. The van der Waals surface area contributed by atoms with Crippen LogP contribution in [0.2, 0.25) is 0 Å². The first kappa shape index (κ1) is 17.1. The highest BCUT2D eigenvalue weighted by atomic mass is 16.5. The maximum absolute atomic E-state index is 11.5. The van der Waals surface area contributed by atoms with E-state index in [1.807, 2.05) is 44.2 Å². The molecule has 2 rings (SSSR count). The van der Waals surface area contributed by atoms with Gasteiger partial charge in [-0.25, -0.2) is 4.79 Å². The van der Waals surface area contributed by atoms with E-state index < -0.39 is 12.1 Å². The van der Waals surface area contributed by atoms with Crippen LogP contribution in [0, 0.1) is 13.8 Å². The summed E-state index contributed by atoms with van der Waals surface area (Å²) < 4.78 is 5.69. The summed E-state index contributed by atoms with van der Waals surface area (Å²) in [6.07, 6.45) is -0.539. The smallest absolute Gasteiger partial charge is 0.345 e. The minimum Gasteiger partial charge on any atom is -0.478 e. The normalized spacial score (nSPS) is 12.2. The summed E-state index contributed by atoms with van der Waals surface area (Å²) in [4.78, 5) is 11.5. The molecule has 23 heavy (non-hydrogen) atoms. The van der Waals surface area contributed by atoms with Crippen molar-refractivity contribution in [2.24, 2.45) is 0 Å². The molecule has 1 N–H and O–H groups in total. The SMILES string of the molecule is Cc1ccc(O[C@@H](Cc2ccc(C(C)C)cc2)C(=O)O)cc1C. The molecule has 0 spiro atoms. The number of rotatable bonds is 6. The summed E-state index contributed by atoms with van der Waals surface area (Å²) in [5.41, 5.74) is 4.46. The predicted octanol–water partition coefficient (Wildman–Crippen LogP) is 4.50. The van der Waals surface area contributed by atoms with Crippen molar-refractivity contribution in [1.82, 2.24) is 0 Å². The van der Waals surface area contributed by atoms with Crippen LogP contribution in [-0.2, 0) is 11.2 Å². The van der Waals surface area contributed by atoms with Crippen molar-refractivity contribution >= 4 is 5.97 Å². The van der Waals surface area contributed by atoms with Gasteiger partial charge >= 0.3 is 5.97 Å². The average Bonchev–Trinajstić information content (AvgIpc) is 2.50. The van der Waals surface area contributed by atoms with Gasteiger partial charge in [0, 0.05) is 6.42 Å². The predicted molar refractivity (Wildman–Crippen MR) is 92.2 cm³/mol. The Kier molecular flexibility index (Phi) is 5.43. The van der Waals surface area contributed by atoms with Crippen molar-refractivity contribution in [2.75, 3.05) is 0 Å². The number of hydrogen-bond acceptors (Lipinski definition) is 2. The summed E-state index contributed by atoms with van der Waals surface area (Å²) in [6.45, 7) is 8.28. The van der Waals surface area contributed by atoms with Gasteiger partial charge < -0.3 is 9.84 Å². The third-order valence-electron chi connectivity index (χ3n) is 4.10. The summed E-state index contributed by atoms with van der Waals surface area (Å²) >= 11 is 0. The lowest BCUT2D eigenvalue weighted by molar-refractivity contribution is -0.145. The quantitative estimate of drug-likeness (QED) is 0.854. The van der Waals surface area contributed by atoms with E-state index in [0.717, 1.165) is 16.7 Å². The van der Waals surface area contributed by atoms with E-state index in [1.54, 1.807) is 0 Å². The summed E-state index contributed by atoms with van der Waals surface area (Å²) in [5.74, 6) is 0.113. The van der Waals surface area contributed by atoms with Gasteiger partial charge in [0.2, 0.25) is 0 Å². The molecular weight excluding hydrogens is 288 g/mol. The molecule has 0 amide bonds. The molecule has 0 unspecified atom stereocenters. The summed E-state index contributed by atoms with van der Waals surface area (Å²) in [6, 6.07) is 13.7. The Bertz CT molecular complexity index is 672. The molecular formula is C20H24O3. The Morgan fingerprint density at radius 2 is 1.70 bits per heavy atom. The molecule has 0 fully saturated rings. The fourth-order valence-corrected chi connectivity index (χ4v) is 2.38. The Morgan fingerprint density at radius 3 is 2.22 bits per heavy atom. The van der Waals surface area contributed by atoms with Gasteiger partial charge in [0.15, 0.2) is 6.10 Å². The van der Waals surface area contributed by atoms with E-state index in [-0.39, 0.29) is 0 Å². The molecule has 0 radical (unpaired) electrons. The van der Waals surface area contributed by atoms with Crippen LogP contribution in [0.5, 0.6) is 5.75 Å². The third-order valence-corrected chi connectivity index (χ3v) is 4.10. The number of hydrogen-bond donors (Lipinski definition) is 1. The molecule has 0 bridgehead atoms. The molecule has 0 saturated carbocycles. The highest BCUT2D eigenvalue weighted by Crippen LogP contribution is 2.20. The fourth-order valence-electron chi connectivity index (χ4n) is 2.38. The molecule has 0 aliphatic heterocycles. The van der Waals surface area contributed by atoms with Crippen LogP contribution in [0.25, 0.3) is 0 Å². The van der Waals surface area contributed by atoms with Crippen molar-refractivity contribution in [3.05, 3.63) is 64.7 Å². The van der Waals surface area contributed by atoms with Gasteiger partial charge in [0.1, 0.15) is 5.75 Å². The lowest BCUT2D eigenvalue weighted by atomic mass is 9.99. The van der Waals surface area contributed by atoms with Gasteiger partial charge in [-0.3, -0.25) is 0 Å². The monoisotopic (exact) mass is 312 g/mol. The van der Waals surface area contributed by atoms with Crippen molar-refractivity contribution in [2.45, 2.75) is 46.1 Å². The number of carbonyl (C=O) groups is 1. The van der Waals surface area contributed by atoms with Gasteiger partial charge in [0.05, 0.1) is 0 Å². The zero-order chi connectivity index (χ0) is 17.0. The van der Waals surface area contributed by atoms with Gasteiger partial charge in [-0.1, -0.05) is 44.2 Å². The number of aliphatic carboxylic acids is 1. The van der Waals surface area contributed by atoms with Crippen LogP contribution < -0.4 is 4.74 Å². The maximum Gasteiger partial charge on any atom is 0.345 e.